The summed E-state index contributed by atoms with van der Waals surface area (Å²) in [5.41, 5.74) is 5.42. The normalized spacial score (nSPS) is 14.7. The first-order valence-corrected chi connectivity index (χ1v) is 7.29. The Morgan fingerprint density at radius 1 is 1.29 bits per heavy atom. The van der Waals surface area contributed by atoms with E-state index in [-0.39, 0.29) is 5.91 Å². The summed E-state index contributed by atoms with van der Waals surface area (Å²) in [4.78, 5) is 16.5. The summed E-state index contributed by atoms with van der Waals surface area (Å²) in [6.45, 7) is 6.73. The van der Waals surface area contributed by atoms with Crippen LogP contribution in [0.1, 0.15) is 31.5 Å². The largest absolute Gasteiger partial charge is 0.352 e. The first-order valence-electron chi connectivity index (χ1n) is 7.29. The molecule has 0 atom stereocenters. The standard InChI is InChI=1S/C18H22N2O/c1-13-6-7-17(12-14(2)11-13)18(21)20-10-8-16-5-4-9-19-15(16)3/h4-7,9,11H,8,10,12H2,1-3H3,(H,20,21). The van der Waals surface area contributed by atoms with Gasteiger partial charge in [0, 0.05) is 24.0 Å². The third-order valence-corrected chi connectivity index (χ3v) is 3.58. The van der Waals surface area contributed by atoms with Crippen molar-refractivity contribution >= 4 is 5.91 Å². The van der Waals surface area contributed by atoms with Gasteiger partial charge in [-0.2, -0.15) is 0 Å². The molecule has 1 aliphatic rings. The Morgan fingerprint density at radius 2 is 2.10 bits per heavy atom. The van der Waals surface area contributed by atoms with E-state index in [1.54, 1.807) is 6.20 Å². The summed E-state index contributed by atoms with van der Waals surface area (Å²) in [6, 6.07) is 3.98. The van der Waals surface area contributed by atoms with Gasteiger partial charge in [0.25, 0.3) is 0 Å². The molecular formula is C18H22N2O. The fraction of sp³-hybridized carbons (Fsp3) is 0.333. The summed E-state index contributed by atoms with van der Waals surface area (Å²) in [7, 11) is 0. The molecule has 1 aromatic rings. The monoisotopic (exact) mass is 282 g/mol. The summed E-state index contributed by atoms with van der Waals surface area (Å²) < 4.78 is 0. The van der Waals surface area contributed by atoms with E-state index in [1.807, 2.05) is 32.1 Å². The highest BCUT2D eigenvalue weighted by Crippen LogP contribution is 2.17. The van der Waals surface area contributed by atoms with Crippen LogP contribution in [-0.4, -0.2) is 17.4 Å². The van der Waals surface area contributed by atoms with E-state index in [0.29, 0.717) is 13.0 Å². The second-order valence-corrected chi connectivity index (χ2v) is 5.52. The SMILES string of the molecule is CC1=CC=C(C(=O)NCCc2cccnc2C)CC(C)=C1. The molecule has 0 fully saturated rings. The van der Waals surface area contributed by atoms with Crippen molar-refractivity contribution in [2.24, 2.45) is 0 Å². The Balaban J connectivity index is 1.91. The lowest BCUT2D eigenvalue weighted by molar-refractivity contribution is -0.117. The summed E-state index contributed by atoms with van der Waals surface area (Å²) >= 11 is 0. The average molecular weight is 282 g/mol. The molecule has 0 aliphatic heterocycles. The van der Waals surface area contributed by atoms with E-state index in [0.717, 1.165) is 17.7 Å². The average Bonchev–Trinajstić information content (AvgIpc) is 2.61. The smallest absolute Gasteiger partial charge is 0.247 e. The molecule has 1 N–H and O–H groups in total. The van der Waals surface area contributed by atoms with Gasteiger partial charge in [-0.15, -0.1) is 0 Å². The highest BCUT2D eigenvalue weighted by molar-refractivity contribution is 5.94. The van der Waals surface area contributed by atoms with Gasteiger partial charge in [-0.3, -0.25) is 9.78 Å². The molecule has 0 unspecified atom stereocenters. The number of carbonyl (C=O) groups is 1. The predicted octanol–water partition coefficient (Wildman–Crippen LogP) is 3.27. The number of aromatic nitrogens is 1. The van der Waals surface area contributed by atoms with Crippen molar-refractivity contribution in [1.29, 1.82) is 0 Å². The molecular weight excluding hydrogens is 260 g/mol. The molecule has 1 aliphatic carbocycles. The third-order valence-electron chi connectivity index (χ3n) is 3.58. The Labute approximate surface area is 126 Å². The lowest BCUT2D eigenvalue weighted by Gasteiger charge is -2.09. The van der Waals surface area contributed by atoms with Gasteiger partial charge in [-0.1, -0.05) is 35.4 Å². The fourth-order valence-corrected chi connectivity index (χ4v) is 2.44. The second-order valence-electron chi connectivity index (χ2n) is 5.52. The Morgan fingerprint density at radius 3 is 2.86 bits per heavy atom. The first kappa shape index (κ1) is 15.2. The maximum atomic E-state index is 12.2. The Kier molecular flexibility index (Phi) is 5.09. The van der Waals surface area contributed by atoms with Crippen molar-refractivity contribution in [2.45, 2.75) is 33.6 Å². The van der Waals surface area contributed by atoms with Gasteiger partial charge in [0.2, 0.25) is 5.91 Å². The molecule has 0 aromatic carbocycles. The van der Waals surface area contributed by atoms with E-state index in [2.05, 4.69) is 29.4 Å². The maximum absolute atomic E-state index is 12.2. The summed E-state index contributed by atoms with van der Waals surface area (Å²) in [5.74, 6) is 0.0234. The maximum Gasteiger partial charge on any atom is 0.247 e. The molecule has 0 spiro atoms. The quantitative estimate of drug-likeness (QED) is 0.921. The van der Waals surface area contributed by atoms with Crippen LogP contribution in [0.5, 0.6) is 0 Å². The molecule has 110 valence electrons. The zero-order valence-electron chi connectivity index (χ0n) is 12.9. The van der Waals surface area contributed by atoms with Gasteiger partial charge in [0.15, 0.2) is 0 Å². The lowest BCUT2D eigenvalue weighted by atomic mass is 10.1. The highest BCUT2D eigenvalue weighted by Gasteiger charge is 2.11. The van der Waals surface area contributed by atoms with Crippen molar-refractivity contribution < 1.29 is 4.79 Å². The third kappa shape index (κ3) is 4.42. The van der Waals surface area contributed by atoms with E-state index in [4.69, 9.17) is 0 Å². The van der Waals surface area contributed by atoms with Crippen LogP contribution in [0.25, 0.3) is 0 Å². The second kappa shape index (κ2) is 7.02. The minimum Gasteiger partial charge on any atom is -0.352 e. The van der Waals surface area contributed by atoms with E-state index < -0.39 is 0 Å². The number of rotatable bonds is 4. The van der Waals surface area contributed by atoms with Gasteiger partial charge in [0.05, 0.1) is 0 Å². The molecule has 1 aromatic heterocycles. The number of amides is 1. The van der Waals surface area contributed by atoms with Crippen LogP contribution in [0.3, 0.4) is 0 Å². The molecule has 3 heteroatoms. The van der Waals surface area contributed by atoms with Gasteiger partial charge < -0.3 is 5.32 Å². The van der Waals surface area contributed by atoms with Crippen LogP contribution < -0.4 is 5.32 Å². The van der Waals surface area contributed by atoms with E-state index in [1.165, 1.54) is 16.7 Å². The number of carbonyl (C=O) groups excluding carboxylic acids is 1. The molecule has 21 heavy (non-hydrogen) atoms. The van der Waals surface area contributed by atoms with Gasteiger partial charge >= 0.3 is 0 Å². The zero-order valence-corrected chi connectivity index (χ0v) is 12.9. The number of hydrogen-bond donors (Lipinski definition) is 1. The first-order chi connectivity index (χ1) is 10.1. The number of nitrogens with zero attached hydrogens (tertiary/aromatic N) is 1. The lowest BCUT2D eigenvalue weighted by Crippen LogP contribution is -2.27. The van der Waals surface area contributed by atoms with Crippen LogP contribution in [0, 0.1) is 6.92 Å². The molecule has 0 radical (unpaired) electrons. The predicted molar refractivity (Wildman–Crippen MR) is 85.9 cm³/mol. The molecule has 0 saturated heterocycles. The van der Waals surface area contributed by atoms with Gasteiger partial charge in [0.1, 0.15) is 0 Å². The van der Waals surface area contributed by atoms with E-state index >= 15 is 0 Å². The Bertz CT molecular complexity index is 624. The molecule has 0 bridgehead atoms. The fourth-order valence-electron chi connectivity index (χ4n) is 2.44. The molecule has 1 heterocycles. The van der Waals surface area contributed by atoms with Crippen LogP contribution in [-0.2, 0) is 11.2 Å². The van der Waals surface area contributed by atoms with Crippen molar-refractivity contribution in [3.8, 4) is 0 Å². The van der Waals surface area contributed by atoms with Crippen LogP contribution in [0.4, 0.5) is 0 Å². The topological polar surface area (TPSA) is 42.0 Å². The van der Waals surface area contributed by atoms with Crippen LogP contribution in [0.15, 0.2) is 53.3 Å². The van der Waals surface area contributed by atoms with Gasteiger partial charge in [-0.25, -0.2) is 0 Å². The van der Waals surface area contributed by atoms with E-state index in [9.17, 15) is 4.79 Å². The summed E-state index contributed by atoms with van der Waals surface area (Å²) in [6.07, 6.45) is 9.35. The number of nitrogens with one attached hydrogen (secondary N) is 1. The number of allylic oxidation sites excluding steroid dienone is 5. The summed E-state index contributed by atoms with van der Waals surface area (Å²) in [5, 5.41) is 3.00. The van der Waals surface area contributed by atoms with Gasteiger partial charge in [-0.05, 0) is 45.2 Å². The van der Waals surface area contributed by atoms with Crippen LogP contribution in [0.2, 0.25) is 0 Å². The number of pyridine rings is 1. The van der Waals surface area contributed by atoms with Crippen LogP contribution >= 0.6 is 0 Å². The van der Waals surface area contributed by atoms with Crippen molar-refractivity contribution in [2.75, 3.05) is 6.54 Å². The molecule has 0 saturated carbocycles. The number of aryl methyl sites for hydroxylation is 1. The van der Waals surface area contributed by atoms with Crippen molar-refractivity contribution in [3.63, 3.8) is 0 Å². The number of hydrogen-bond acceptors (Lipinski definition) is 2. The van der Waals surface area contributed by atoms with Crippen molar-refractivity contribution in [3.05, 3.63) is 64.5 Å². The minimum absolute atomic E-state index is 0.0234. The minimum atomic E-state index is 0.0234. The molecule has 3 nitrogen and oxygen atoms in total. The highest BCUT2D eigenvalue weighted by atomic mass is 16.1. The van der Waals surface area contributed by atoms with Crippen molar-refractivity contribution in [1.82, 2.24) is 10.3 Å². The molecule has 1 amide bonds. The zero-order chi connectivity index (χ0) is 15.2. The molecule has 2 rings (SSSR count). The Hall–Kier alpha value is -2.16.